The van der Waals surface area contributed by atoms with Gasteiger partial charge in [-0.3, -0.25) is 0 Å². The van der Waals surface area contributed by atoms with Gasteiger partial charge in [-0.1, -0.05) is 44.2 Å². The second kappa shape index (κ2) is 6.70. The maximum absolute atomic E-state index is 12.4. The molecule has 1 atom stereocenters. The number of nitrogens with zero attached hydrogens (tertiary/aromatic N) is 1. The first kappa shape index (κ1) is 17.1. The summed E-state index contributed by atoms with van der Waals surface area (Å²) in [6.45, 7) is 7.42. The molecule has 0 heterocycles. The average Bonchev–Trinajstić information content (AvgIpc) is 2.35. The summed E-state index contributed by atoms with van der Waals surface area (Å²) >= 11 is 0. The van der Waals surface area contributed by atoms with Gasteiger partial charge in [-0.05, 0) is 25.3 Å². The summed E-state index contributed by atoms with van der Waals surface area (Å²) in [6.07, 6.45) is 0. The summed E-state index contributed by atoms with van der Waals surface area (Å²) in [6, 6.07) is 9.61. The highest BCUT2D eigenvalue weighted by molar-refractivity contribution is 7.89. The zero-order valence-electron chi connectivity index (χ0n) is 12.7. The monoisotopic (exact) mass is 299 g/mol. The van der Waals surface area contributed by atoms with E-state index >= 15 is 0 Å². The number of hydrogen-bond donors (Lipinski definition) is 1. The van der Waals surface area contributed by atoms with Crippen LogP contribution in [0.25, 0.3) is 0 Å². The molecule has 0 aliphatic rings. The molecule has 0 aliphatic carbocycles. The molecular formula is C15H25NO3S. The third kappa shape index (κ3) is 5.23. The van der Waals surface area contributed by atoms with Crippen LogP contribution in [0.15, 0.2) is 30.3 Å². The van der Waals surface area contributed by atoms with Crippen molar-refractivity contribution in [1.82, 2.24) is 4.31 Å². The predicted molar refractivity (Wildman–Crippen MR) is 82.2 cm³/mol. The van der Waals surface area contributed by atoms with Gasteiger partial charge in [-0.2, -0.15) is 4.31 Å². The Morgan fingerprint density at radius 1 is 1.25 bits per heavy atom. The van der Waals surface area contributed by atoms with Crippen LogP contribution in [-0.4, -0.2) is 42.3 Å². The normalized spacial score (nSPS) is 14.5. The van der Waals surface area contributed by atoms with Gasteiger partial charge < -0.3 is 5.11 Å². The Balaban J connectivity index is 2.83. The quantitative estimate of drug-likeness (QED) is 0.840. The van der Waals surface area contributed by atoms with Crippen LogP contribution in [0.2, 0.25) is 0 Å². The highest BCUT2D eigenvalue weighted by Gasteiger charge is 2.28. The molecule has 0 saturated heterocycles. The largest absolute Gasteiger partial charge is 0.389 e. The molecule has 0 bridgehead atoms. The van der Waals surface area contributed by atoms with Gasteiger partial charge in [-0.15, -0.1) is 0 Å². The Hall–Kier alpha value is -0.910. The zero-order chi connectivity index (χ0) is 15.4. The number of benzene rings is 1. The summed E-state index contributed by atoms with van der Waals surface area (Å²) in [7, 11) is -3.38. The lowest BCUT2D eigenvalue weighted by atomic mass is 10.0. The molecule has 0 radical (unpaired) electrons. The van der Waals surface area contributed by atoms with E-state index in [9.17, 15) is 13.5 Å². The molecule has 1 rings (SSSR count). The van der Waals surface area contributed by atoms with Gasteiger partial charge in [0.1, 0.15) is 0 Å². The fourth-order valence-electron chi connectivity index (χ4n) is 2.14. The SMILES string of the molecule is CCN(CC(C)(C)O)S(=O)(=O)CC(C)c1ccccc1. The van der Waals surface area contributed by atoms with Crippen LogP contribution < -0.4 is 0 Å². The lowest BCUT2D eigenvalue weighted by Crippen LogP contribution is -2.43. The molecule has 0 amide bonds. The maximum atomic E-state index is 12.4. The summed E-state index contributed by atoms with van der Waals surface area (Å²) in [5, 5.41) is 9.83. The fourth-order valence-corrected chi connectivity index (χ4v) is 4.08. The van der Waals surface area contributed by atoms with Crippen LogP contribution >= 0.6 is 0 Å². The topological polar surface area (TPSA) is 57.6 Å². The van der Waals surface area contributed by atoms with E-state index in [0.717, 1.165) is 5.56 Å². The van der Waals surface area contributed by atoms with Crippen molar-refractivity contribution in [2.24, 2.45) is 0 Å². The minimum absolute atomic E-state index is 0.0565. The van der Waals surface area contributed by atoms with E-state index in [0.29, 0.717) is 6.54 Å². The molecular weight excluding hydrogens is 274 g/mol. The smallest absolute Gasteiger partial charge is 0.214 e. The van der Waals surface area contributed by atoms with Crippen LogP contribution in [-0.2, 0) is 10.0 Å². The average molecular weight is 299 g/mol. The van der Waals surface area contributed by atoms with Gasteiger partial charge in [-0.25, -0.2) is 8.42 Å². The second-order valence-corrected chi connectivity index (χ2v) is 7.84. The highest BCUT2D eigenvalue weighted by atomic mass is 32.2. The molecule has 114 valence electrons. The predicted octanol–water partition coefficient (Wildman–Crippen LogP) is 2.21. The van der Waals surface area contributed by atoms with Crippen molar-refractivity contribution >= 4 is 10.0 Å². The molecule has 1 N–H and O–H groups in total. The first-order valence-electron chi connectivity index (χ1n) is 6.91. The molecule has 1 unspecified atom stereocenters. The minimum Gasteiger partial charge on any atom is -0.389 e. The summed E-state index contributed by atoms with van der Waals surface area (Å²) < 4.78 is 26.2. The van der Waals surface area contributed by atoms with E-state index in [4.69, 9.17) is 0 Å². The van der Waals surface area contributed by atoms with Crippen LogP contribution in [0, 0.1) is 0 Å². The van der Waals surface area contributed by atoms with E-state index in [-0.39, 0.29) is 18.2 Å². The number of likely N-dealkylation sites (N-methyl/N-ethyl adjacent to an activating group) is 1. The molecule has 0 aromatic heterocycles. The van der Waals surface area contributed by atoms with E-state index < -0.39 is 15.6 Å². The number of hydrogen-bond acceptors (Lipinski definition) is 3. The minimum atomic E-state index is -3.38. The Morgan fingerprint density at radius 3 is 2.25 bits per heavy atom. The number of sulfonamides is 1. The lowest BCUT2D eigenvalue weighted by molar-refractivity contribution is 0.0601. The van der Waals surface area contributed by atoms with E-state index in [2.05, 4.69) is 0 Å². The van der Waals surface area contributed by atoms with Crippen LogP contribution in [0.1, 0.15) is 39.2 Å². The van der Waals surface area contributed by atoms with Crippen molar-refractivity contribution < 1.29 is 13.5 Å². The van der Waals surface area contributed by atoms with Crippen molar-refractivity contribution in [3.05, 3.63) is 35.9 Å². The van der Waals surface area contributed by atoms with Crippen molar-refractivity contribution in [2.75, 3.05) is 18.8 Å². The first-order valence-corrected chi connectivity index (χ1v) is 8.52. The Labute approximate surface area is 122 Å². The Kier molecular flexibility index (Phi) is 5.74. The van der Waals surface area contributed by atoms with Gasteiger partial charge in [0.05, 0.1) is 11.4 Å². The third-order valence-corrected chi connectivity index (χ3v) is 5.23. The molecule has 20 heavy (non-hydrogen) atoms. The van der Waals surface area contributed by atoms with E-state index in [1.165, 1.54) is 4.31 Å². The Morgan fingerprint density at radius 2 is 1.80 bits per heavy atom. The second-order valence-electron chi connectivity index (χ2n) is 5.83. The van der Waals surface area contributed by atoms with Crippen LogP contribution in [0.3, 0.4) is 0 Å². The third-order valence-electron chi connectivity index (χ3n) is 3.14. The van der Waals surface area contributed by atoms with Gasteiger partial charge in [0, 0.05) is 13.1 Å². The summed E-state index contributed by atoms with van der Waals surface area (Å²) in [4.78, 5) is 0. The van der Waals surface area contributed by atoms with Crippen LogP contribution in [0.5, 0.6) is 0 Å². The van der Waals surface area contributed by atoms with Gasteiger partial charge in [0.25, 0.3) is 0 Å². The van der Waals surface area contributed by atoms with Crippen molar-refractivity contribution in [2.45, 2.75) is 39.2 Å². The molecule has 4 nitrogen and oxygen atoms in total. The van der Waals surface area contributed by atoms with Crippen molar-refractivity contribution in [1.29, 1.82) is 0 Å². The number of aliphatic hydroxyl groups is 1. The molecule has 0 saturated carbocycles. The van der Waals surface area contributed by atoms with E-state index in [1.807, 2.05) is 37.3 Å². The molecule has 1 aromatic rings. The standard InChI is InChI=1S/C15H25NO3S/c1-5-16(12-15(3,4)17)20(18,19)11-13(2)14-9-7-6-8-10-14/h6-10,13,17H,5,11-12H2,1-4H3. The molecule has 0 spiro atoms. The van der Waals surface area contributed by atoms with Gasteiger partial charge in [0.15, 0.2) is 0 Å². The molecule has 0 aliphatic heterocycles. The van der Waals surface area contributed by atoms with E-state index in [1.54, 1.807) is 20.8 Å². The number of rotatable bonds is 7. The maximum Gasteiger partial charge on any atom is 0.214 e. The summed E-state index contributed by atoms with van der Waals surface area (Å²) in [5.41, 5.74) is -0.0191. The fraction of sp³-hybridized carbons (Fsp3) is 0.600. The van der Waals surface area contributed by atoms with Crippen LogP contribution in [0.4, 0.5) is 0 Å². The molecule has 1 aromatic carbocycles. The zero-order valence-corrected chi connectivity index (χ0v) is 13.5. The highest BCUT2D eigenvalue weighted by Crippen LogP contribution is 2.19. The van der Waals surface area contributed by atoms with Gasteiger partial charge in [0.2, 0.25) is 10.0 Å². The molecule has 5 heteroatoms. The lowest BCUT2D eigenvalue weighted by Gasteiger charge is -2.28. The summed E-state index contributed by atoms with van der Waals surface area (Å²) in [5.74, 6) is -0.0157. The first-order chi connectivity index (χ1) is 9.15. The van der Waals surface area contributed by atoms with Crippen molar-refractivity contribution in [3.8, 4) is 0 Å². The molecule has 0 fully saturated rings. The Bertz CT molecular complexity index is 506. The van der Waals surface area contributed by atoms with Gasteiger partial charge >= 0.3 is 0 Å². The van der Waals surface area contributed by atoms with Crippen molar-refractivity contribution in [3.63, 3.8) is 0 Å².